The van der Waals surface area contributed by atoms with E-state index in [9.17, 15) is 4.79 Å². The van der Waals surface area contributed by atoms with Gasteiger partial charge in [0.1, 0.15) is 12.4 Å². The smallest absolute Gasteiger partial charge is 0.234 e. The van der Waals surface area contributed by atoms with Crippen LogP contribution in [-0.4, -0.2) is 26.5 Å². The van der Waals surface area contributed by atoms with Crippen molar-refractivity contribution in [2.24, 2.45) is 0 Å². The Morgan fingerprint density at radius 2 is 1.84 bits per heavy atom. The van der Waals surface area contributed by atoms with E-state index in [0.717, 1.165) is 24.3 Å². The second kappa shape index (κ2) is 10.9. The summed E-state index contributed by atoms with van der Waals surface area (Å²) in [4.78, 5) is 12.2. The van der Waals surface area contributed by atoms with Gasteiger partial charge in [-0.2, -0.15) is 0 Å². The highest BCUT2D eigenvalue weighted by molar-refractivity contribution is 7.99. The minimum absolute atomic E-state index is 0.126. The van der Waals surface area contributed by atoms with Crippen LogP contribution >= 0.6 is 11.8 Å². The summed E-state index contributed by atoms with van der Waals surface area (Å²) in [6.45, 7) is 6.64. The normalized spacial score (nSPS) is 11.0. The fraction of sp³-hybridized carbons (Fsp3) is 0.348. The molecule has 0 bridgehead atoms. The summed E-state index contributed by atoms with van der Waals surface area (Å²) in [6, 6.07) is 15.9. The molecular formula is C23H29N5O2S. The van der Waals surface area contributed by atoms with E-state index in [-0.39, 0.29) is 18.3 Å². The van der Waals surface area contributed by atoms with Crippen LogP contribution in [0.25, 0.3) is 0 Å². The lowest BCUT2D eigenvalue weighted by atomic mass is 10.0. The molecule has 1 heterocycles. The maximum atomic E-state index is 12.2. The van der Waals surface area contributed by atoms with Gasteiger partial charge in [-0.3, -0.25) is 4.79 Å². The molecular weight excluding hydrogens is 410 g/mol. The van der Waals surface area contributed by atoms with Gasteiger partial charge >= 0.3 is 0 Å². The number of anilines is 1. The maximum absolute atomic E-state index is 12.2. The molecule has 0 fully saturated rings. The first kappa shape index (κ1) is 22.7. The number of rotatable bonds is 10. The van der Waals surface area contributed by atoms with Crippen LogP contribution in [0.1, 0.15) is 50.1 Å². The van der Waals surface area contributed by atoms with Gasteiger partial charge < -0.3 is 15.9 Å². The molecule has 0 aliphatic heterocycles. The molecule has 8 heteroatoms. The molecule has 0 spiro atoms. The fourth-order valence-electron chi connectivity index (χ4n) is 2.97. The molecule has 31 heavy (non-hydrogen) atoms. The summed E-state index contributed by atoms with van der Waals surface area (Å²) in [5.74, 6) is 7.83. The number of nitrogens with zero attached hydrogens (tertiary/aromatic N) is 3. The van der Waals surface area contributed by atoms with Gasteiger partial charge in [-0.1, -0.05) is 63.2 Å². The van der Waals surface area contributed by atoms with Crippen LogP contribution in [-0.2, 0) is 17.8 Å². The summed E-state index contributed by atoms with van der Waals surface area (Å²) in [5, 5.41) is 11.5. The van der Waals surface area contributed by atoms with Crippen molar-refractivity contribution in [3.8, 4) is 5.75 Å². The highest BCUT2D eigenvalue weighted by Crippen LogP contribution is 2.20. The van der Waals surface area contributed by atoms with E-state index < -0.39 is 0 Å². The molecule has 0 unspecified atom stereocenters. The molecule has 2 aromatic carbocycles. The largest absolute Gasteiger partial charge is 0.486 e. The van der Waals surface area contributed by atoms with Crippen molar-refractivity contribution in [1.29, 1.82) is 0 Å². The number of thioether (sulfide) groups is 1. The maximum Gasteiger partial charge on any atom is 0.234 e. The van der Waals surface area contributed by atoms with Crippen molar-refractivity contribution in [1.82, 2.24) is 14.9 Å². The quantitative estimate of drug-likeness (QED) is 0.360. The number of carbonyl (C=O) groups is 1. The van der Waals surface area contributed by atoms with Crippen LogP contribution in [0.2, 0.25) is 0 Å². The molecule has 3 rings (SSSR count). The van der Waals surface area contributed by atoms with E-state index in [0.29, 0.717) is 16.9 Å². The fourth-order valence-corrected chi connectivity index (χ4v) is 3.65. The van der Waals surface area contributed by atoms with E-state index in [1.165, 1.54) is 27.6 Å². The number of nitrogens with one attached hydrogen (secondary N) is 1. The Labute approximate surface area is 187 Å². The third kappa shape index (κ3) is 6.49. The number of aromatic nitrogens is 3. The third-order valence-electron chi connectivity index (χ3n) is 4.76. The third-order valence-corrected chi connectivity index (χ3v) is 5.70. The zero-order valence-electron chi connectivity index (χ0n) is 18.2. The van der Waals surface area contributed by atoms with Gasteiger partial charge in [0.15, 0.2) is 5.82 Å². The predicted molar refractivity (Wildman–Crippen MR) is 125 cm³/mol. The first-order valence-electron chi connectivity index (χ1n) is 10.4. The topological polar surface area (TPSA) is 95.1 Å². The first-order chi connectivity index (χ1) is 15.0. The van der Waals surface area contributed by atoms with Gasteiger partial charge in [-0.25, -0.2) is 4.68 Å². The van der Waals surface area contributed by atoms with Gasteiger partial charge in [0, 0.05) is 5.69 Å². The number of nitrogens with two attached hydrogens (primary N) is 1. The van der Waals surface area contributed by atoms with E-state index in [4.69, 9.17) is 10.6 Å². The zero-order chi connectivity index (χ0) is 22.2. The highest BCUT2D eigenvalue weighted by atomic mass is 32.2. The average molecular weight is 440 g/mol. The molecule has 0 aliphatic rings. The van der Waals surface area contributed by atoms with Crippen LogP contribution in [0, 0.1) is 0 Å². The van der Waals surface area contributed by atoms with Gasteiger partial charge in [-0.15, -0.1) is 10.2 Å². The molecule has 3 N–H and O–H groups in total. The van der Waals surface area contributed by atoms with Gasteiger partial charge in [0.05, 0.1) is 5.75 Å². The second-order valence-electron chi connectivity index (χ2n) is 7.56. The predicted octanol–water partition coefficient (Wildman–Crippen LogP) is 4.38. The summed E-state index contributed by atoms with van der Waals surface area (Å²) in [6.07, 6.45) is 2.13. The van der Waals surface area contributed by atoms with Crippen molar-refractivity contribution in [2.45, 2.75) is 51.3 Å². The molecule has 164 valence electrons. The number of nitrogen functional groups attached to an aromatic ring is 1. The Bertz CT molecular complexity index is 984. The number of benzene rings is 2. The number of hydrogen-bond donors (Lipinski definition) is 2. The van der Waals surface area contributed by atoms with E-state index >= 15 is 0 Å². The molecule has 1 amide bonds. The lowest BCUT2D eigenvalue weighted by Gasteiger charge is -2.09. The molecule has 0 saturated carbocycles. The Morgan fingerprint density at radius 3 is 2.48 bits per heavy atom. The molecule has 0 saturated heterocycles. The van der Waals surface area contributed by atoms with Crippen LogP contribution < -0.4 is 15.9 Å². The molecule has 0 radical (unpaired) electrons. The molecule has 3 aromatic rings. The van der Waals surface area contributed by atoms with E-state index in [1.807, 2.05) is 48.5 Å². The Hall–Kier alpha value is -3.00. The van der Waals surface area contributed by atoms with E-state index in [2.05, 4.69) is 36.3 Å². The average Bonchev–Trinajstić information content (AvgIpc) is 3.12. The van der Waals surface area contributed by atoms with Gasteiger partial charge in [0.2, 0.25) is 11.1 Å². The minimum atomic E-state index is -0.126. The monoisotopic (exact) mass is 439 g/mol. The summed E-state index contributed by atoms with van der Waals surface area (Å²) in [5.41, 5.74) is 3.29. The van der Waals surface area contributed by atoms with Crippen LogP contribution in [0.5, 0.6) is 5.75 Å². The van der Waals surface area contributed by atoms with Gasteiger partial charge in [0.25, 0.3) is 0 Å². The van der Waals surface area contributed by atoms with Crippen LogP contribution in [0.4, 0.5) is 5.69 Å². The second-order valence-corrected chi connectivity index (χ2v) is 8.51. The summed E-state index contributed by atoms with van der Waals surface area (Å²) < 4.78 is 7.12. The number of amides is 1. The van der Waals surface area contributed by atoms with Gasteiger partial charge in [-0.05, 0) is 47.7 Å². The van der Waals surface area contributed by atoms with Crippen molar-refractivity contribution >= 4 is 23.4 Å². The standard InChI is InChI=1S/C23H29N5O2S/c1-4-5-17-6-10-19(11-7-17)25-22(29)15-31-23-27-26-21(28(23)24)14-30-20-12-8-18(9-13-20)16(2)3/h6-13,16H,4-5,14-15,24H2,1-3H3,(H,25,29). The Balaban J connectivity index is 1.48. The van der Waals surface area contributed by atoms with Crippen molar-refractivity contribution in [2.75, 3.05) is 16.9 Å². The molecule has 0 aliphatic carbocycles. The molecule has 0 atom stereocenters. The Kier molecular flexibility index (Phi) is 7.94. The van der Waals surface area contributed by atoms with Crippen molar-refractivity contribution in [3.63, 3.8) is 0 Å². The molecule has 1 aromatic heterocycles. The van der Waals surface area contributed by atoms with E-state index in [1.54, 1.807) is 0 Å². The lowest BCUT2D eigenvalue weighted by molar-refractivity contribution is -0.113. The summed E-state index contributed by atoms with van der Waals surface area (Å²) in [7, 11) is 0. The number of aryl methyl sites for hydroxylation is 1. The lowest BCUT2D eigenvalue weighted by Crippen LogP contribution is -2.18. The first-order valence-corrected chi connectivity index (χ1v) is 11.4. The molecule has 7 nitrogen and oxygen atoms in total. The van der Waals surface area contributed by atoms with Crippen LogP contribution in [0.15, 0.2) is 53.7 Å². The number of hydrogen-bond acceptors (Lipinski definition) is 6. The zero-order valence-corrected chi connectivity index (χ0v) is 19.0. The van der Waals surface area contributed by atoms with Crippen LogP contribution in [0.3, 0.4) is 0 Å². The Morgan fingerprint density at radius 1 is 1.13 bits per heavy atom. The number of ether oxygens (including phenoxy) is 1. The summed E-state index contributed by atoms with van der Waals surface area (Å²) >= 11 is 1.23. The SMILES string of the molecule is CCCc1ccc(NC(=O)CSc2nnc(COc3ccc(C(C)C)cc3)n2N)cc1. The van der Waals surface area contributed by atoms with Crippen molar-refractivity contribution in [3.05, 3.63) is 65.5 Å². The van der Waals surface area contributed by atoms with Crippen molar-refractivity contribution < 1.29 is 9.53 Å². The number of carbonyl (C=O) groups excluding carboxylic acids is 1. The highest BCUT2D eigenvalue weighted by Gasteiger charge is 2.13. The minimum Gasteiger partial charge on any atom is -0.486 e.